The molecule has 0 atom stereocenters. The minimum Gasteiger partial charge on any atom is -0.298 e. The van der Waals surface area contributed by atoms with E-state index < -0.39 is 4.92 Å². The summed E-state index contributed by atoms with van der Waals surface area (Å²) in [5, 5.41) is 12.8. The van der Waals surface area contributed by atoms with Crippen LogP contribution in [-0.2, 0) is 11.2 Å². The maximum Gasteiger partial charge on any atom is 0.356 e. The third-order valence-electron chi connectivity index (χ3n) is 2.86. The predicted octanol–water partition coefficient (Wildman–Crippen LogP) is 0.959. The number of anilines is 2. The third-order valence-corrected chi connectivity index (χ3v) is 2.86. The van der Waals surface area contributed by atoms with Crippen molar-refractivity contribution in [3.05, 3.63) is 52.3 Å². The molecule has 0 saturated heterocycles. The second kappa shape index (κ2) is 7.83. The molecule has 0 radical (unpaired) electrons. The molecule has 0 fully saturated rings. The number of nitro groups is 1. The summed E-state index contributed by atoms with van der Waals surface area (Å²) in [4.78, 5) is 30.2. The van der Waals surface area contributed by atoms with Gasteiger partial charge in [0.25, 0.3) is 0 Å². The van der Waals surface area contributed by atoms with E-state index in [2.05, 4.69) is 26.2 Å². The minimum absolute atomic E-state index is 0.0137. The molecular weight excluding hydrogens is 314 g/mol. The van der Waals surface area contributed by atoms with Gasteiger partial charge in [0.2, 0.25) is 17.5 Å². The first-order chi connectivity index (χ1) is 11.5. The summed E-state index contributed by atoms with van der Waals surface area (Å²) in [6.07, 6.45) is 1.29. The second-order valence-corrected chi connectivity index (χ2v) is 5.02. The van der Waals surface area contributed by atoms with Crippen LogP contribution in [0.5, 0.6) is 0 Å². The van der Waals surface area contributed by atoms with Gasteiger partial charge in [-0.05, 0) is 5.56 Å². The molecule has 0 aliphatic carbocycles. The van der Waals surface area contributed by atoms with Crippen LogP contribution in [0.15, 0.2) is 36.7 Å². The lowest BCUT2D eigenvalue weighted by atomic mass is 10.1. The number of carbonyl (C=O) groups excluding carboxylic acids is 1. The topological polar surface area (TPSA) is 125 Å². The Morgan fingerprint density at radius 2 is 1.88 bits per heavy atom. The zero-order chi connectivity index (χ0) is 17.5. The van der Waals surface area contributed by atoms with Crippen LogP contribution < -0.4 is 16.3 Å². The highest BCUT2D eigenvalue weighted by atomic mass is 16.6. The Morgan fingerprint density at radius 3 is 2.50 bits per heavy atom. The number of rotatable bonds is 7. The summed E-state index contributed by atoms with van der Waals surface area (Å²) >= 11 is 0. The molecule has 1 heterocycles. The van der Waals surface area contributed by atoms with Crippen LogP contribution in [0.25, 0.3) is 0 Å². The number of benzene rings is 1. The van der Waals surface area contributed by atoms with Crippen LogP contribution in [-0.4, -0.2) is 39.9 Å². The molecule has 10 nitrogen and oxygen atoms in total. The van der Waals surface area contributed by atoms with Gasteiger partial charge in [0, 0.05) is 14.1 Å². The second-order valence-electron chi connectivity index (χ2n) is 5.02. The first kappa shape index (κ1) is 17.1. The molecular formula is C14H17N7O3. The van der Waals surface area contributed by atoms with Crippen molar-refractivity contribution in [1.82, 2.24) is 20.4 Å². The highest BCUT2D eigenvalue weighted by Crippen LogP contribution is 2.28. The van der Waals surface area contributed by atoms with Crippen LogP contribution in [0.1, 0.15) is 5.56 Å². The van der Waals surface area contributed by atoms with E-state index in [4.69, 9.17) is 0 Å². The number of aromatic nitrogens is 2. The maximum atomic E-state index is 11.9. The first-order valence-corrected chi connectivity index (χ1v) is 6.99. The molecule has 3 N–H and O–H groups in total. The van der Waals surface area contributed by atoms with Crippen molar-refractivity contribution in [2.24, 2.45) is 0 Å². The molecule has 0 bridgehead atoms. The van der Waals surface area contributed by atoms with E-state index >= 15 is 0 Å². The molecule has 0 unspecified atom stereocenters. The molecule has 0 aliphatic rings. The Hall–Kier alpha value is -3.27. The van der Waals surface area contributed by atoms with E-state index in [0.29, 0.717) is 0 Å². The largest absolute Gasteiger partial charge is 0.356 e. The van der Waals surface area contributed by atoms with Crippen LogP contribution in [0.2, 0.25) is 0 Å². The van der Waals surface area contributed by atoms with E-state index in [1.165, 1.54) is 5.01 Å². The Labute approximate surface area is 138 Å². The van der Waals surface area contributed by atoms with Gasteiger partial charge in [-0.3, -0.25) is 31.2 Å². The lowest BCUT2D eigenvalue weighted by Gasteiger charge is -2.14. The minimum atomic E-state index is -0.627. The van der Waals surface area contributed by atoms with Gasteiger partial charge >= 0.3 is 5.69 Å². The number of nitrogens with one attached hydrogen (secondary N) is 3. The summed E-state index contributed by atoms with van der Waals surface area (Å²) in [5.74, 6) is -0.447. The van der Waals surface area contributed by atoms with Crippen molar-refractivity contribution in [3.8, 4) is 0 Å². The molecule has 0 spiro atoms. The van der Waals surface area contributed by atoms with Gasteiger partial charge in [-0.25, -0.2) is 15.0 Å². The number of carbonyl (C=O) groups is 1. The summed E-state index contributed by atoms with van der Waals surface area (Å²) in [6.45, 7) is 0. The van der Waals surface area contributed by atoms with Crippen molar-refractivity contribution in [3.63, 3.8) is 0 Å². The summed E-state index contributed by atoms with van der Waals surface area (Å²) < 4.78 is 0. The van der Waals surface area contributed by atoms with Crippen molar-refractivity contribution >= 4 is 23.2 Å². The van der Waals surface area contributed by atoms with Crippen LogP contribution in [0.4, 0.5) is 17.3 Å². The summed E-state index contributed by atoms with van der Waals surface area (Å²) in [6, 6.07) is 9.12. The Bertz CT molecular complexity index is 722. The maximum absolute atomic E-state index is 11.9. The van der Waals surface area contributed by atoms with Gasteiger partial charge in [0.05, 0.1) is 11.3 Å². The quantitative estimate of drug-likeness (QED) is 0.506. The molecule has 1 aromatic carbocycles. The summed E-state index contributed by atoms with van der Waals surface area (Å²) in [7, 11) is 3.33. The Morgan fingerprint density at radius 1 is 1.21 bits per heavy atom. The van der Waals surface area contributed by atoms with Crippen LogP contribution in [0, 0.1) is 10.1 Å². The Kier molecular flexibility index (Phi) is 5.58. The van der Waals surface area contributed by atoms with E-state index in [-0.39, 0.29) is 29.7 Å². The molecule has 24 heavy (non-hydrogen) atoms. The lowest BCUT2D eigenvalue weighted by molar-refractivity contribution is -0.383. The number of amides is 1. The van der Waals surface area contributed by atoms with E-state index in [1.807, 2.05) is 30.3 Å². The normalized spacial score (nSPS) is 10.3. The average molecular weight is 331 g/mol. The van der Waals surface area contributed by atoms with Crippen molar-refractivity contribution in [2.45, 2.75) is 6.42 Å². The lowest BCUT2D eigenvalue weighted by Crippen LogP contribution is -2.32. The van der Waals surface area contributed by atoms with Gasteiger partial charge in [-0.2, -0.15) is 0 Å². The molecule has 1 amide bonds. The Balaban J connectivity index is 2.09. The fourth-order valence-electron chi connectivity index (χ4n) is 1.89. The van der Waals surface area contributed by atoms with E-state index in [1.54, 1.807) is 14.1 Å². The molecule has 126 valence electrons. The van der Waals surface area contributed by atoms with E-state index in [0.717, 1.165) is 11.9 Å². The standard InChI is InChI=1S/C14H17N7O3/c1-20(2)19-14-12(21(23)24)13(15-9-16-14)18-17-11(22)8-10-6-4-3-5-7-10/h3-7,9H,8H2,1-2H3,(H,17,22)(H2,15,16,18,19). The van der Waals surface area contributed by atoms with Gasteiger partial charge < -0.3 is 0 Å². The van der Waals surface area contributed by atoms with Crippen LogP contribution in [0.3, 0.4) is 0 Å². The molecule has 1 aromatic heterocycles. The van der Waals surface area contributed by atoms with Crippen molar-refractivity contribution < 1.29 is 9.72 Å². The molecule has 2 aromatic rings. The SMILES string of the molecule is CN(C)Nc1ncnc(NNC(=O)Cc2ccccc2)c1[N+](=O)[O-]. The zero-order valence-corrected chi connectivity index (χ0v) is 13.2. The third kappa shape index (κ3) is 4.61. The van der Waals surface area contributed by atoms with Crippen molar-refractivity contribution in [1.29, 1.82) is 0 Å². The average Bonchev–Trinajstić information content (AvgIpc) is 2.53. The van der Waals surface area contributed by atoms with Crippen molar-refractivity contribution in [2.75, 3.05) is 24.9 Å². The van der Waals surface area contributed by atoms with Gasteiger partial charge in [0.15, 0.2) is 0 Å². The monoisotopic (exact) mass is 331 g/mol. The molecule has 2 rings (SSSR count). The van der Waals surface area contributed by atoms with E-state index in [9.17, 15) is 14.9 Å². The molecule has 0 aliphatic heterocycles. The molecule has 10 heteroatoms. The highest BCUT2D eigenvalue weighted by molar-refractivity contribution is 5.80. The smallest absolute Gasteiger partial charge is 0.298 e. The fraction of sp³-hybridized carbons (Fsp3) is 0.214. The number of hydrazine groups is 2. The summed E-state index contributed by atoms with van der Waals surface area (Å²) in [5.41, 5.74) is 8.04. The predicted molar refractivity (Wildman–Crippen MR) is 87.9 cm³/mol. The molecule has 0 saturated carbocycles. The van der Waals surface area contributed by atoms with Gasteiger partial charge in [-0.15, -0.1) is 0 Å². The zero-order valence-electron chi connectivity index (χ0n) is 13.2. The highest BCUT2D eigenvalue weighted by Gasteiger charge is 2.23. The number of hydrogen-bond acceptors (Lipinski definition) is 8. The number of hydrogen-bond donors (Lipinski definition) is 3. The number of nitrogens with zero attached hydrogens (tertiary/aromatic N) is 4. The fourth-order valence-corrected chi connectivity index (χ4v) is 1.89. The van der Waals surface area contributed by atoms with Gasteiger partial charge in [0.1, 0.15) is 6.33 Å². The first-order valence-electron chi connectivity index (χ1n) is 6.99. The van der Waals surface area contributed by atoms with Gasteiger partial charge in [-0.1, -0.05) is 30.3 Å². The van der Waals surface area contributed by atoms with Crippen LogP contribution >= 0.6 is 0 Å².